The second-order valence-electron chi connectivity index (χ2n) is 9.54. The van der Waals surface area contributed by atoms with Gasteiger partial charge in [-0.25, -0.2) is 13.8 Å². The maximum atomic E-state index is 13.5. The summed E-state index contributed by atoms with van der Waals surface area (Å²) in [5.41, 5.74) is 5.45. The molecule has 11 heteroatoms. The topological polar surface area (TPSA) is 117 Å². The first-order chi connectivity index (χ1) is 20.7. The minimum absolute atomic E-state index is 0.0707. The van der Waals surface area contributed by atoms with Crippen molar-refractivity contribution in [3.8, 4) is 5.75 Å². The normalized spacial score (nSPS) is 11.2. The summed E-state index contributed by atoms with van der Waals surface area (Å²) in [6.07, 6.45) is 2.16. The van der Waals surface area contributed by atoms with E-state index in [9.17, 15) is 18.0 Å². The molecule has 0 aromatic heterocycles. The quantitative estimate of drug-likeness (QED) is 0.157. The lowest BCUT2D eigenvalue weighted by atomic mass is 10.1. The van der Waals surface area contributed by atoms with Crippen LogP contribution in [0.1, 0.15) is 16.7 Å². The fourth-order valence-electron chi connectivity index (χ4n) is 3.97. The molecular formula is C32H31BrN4O5S. The molecule has 0 aliphatic rings. The Kier molecular flexibility index (Phi) is 11.1. The number of rotatable bonds is 13. The number of nitrogens with zero attached hydrogens (tertiary/aromatic N) is 2. The summed E-state index contributed by atoms with van der Waals surface area (Å²) in [6.45, 7) is 1.79. The zero-order valence-electron chi connectivity index (χ0n) is 23.4. The first-order valence-corrected chi connectivity index (χ1v) is 15.6. The Balaban J connectivity index is 1.30. The molecule has 222 valence electrons. The molecule has 4 rings (SSSR count). The van der Waals surface area contributed by atoms with Crippen molar-refractivity contribution in [1.29, 1.82) is 0 Å². The Labute approximate surface area is 259 Å². The van der Waals surface area contributed by atoms with Gasteiger partial charge in [0.25, 0.3) is 21.8 Å². The lowest BCUT2D eigenvalue weighted by Gasteiger charge is -2.24. The molecule has 0 heterocycles. The molecule has 2 N–H and O–H groups in total. The molecule has 0 unspecified atom stereocenters. The number of halogens is 1. The van der Waals surface area contributed by atoms with Gasteiger partial charge in [-0.05, 0) is 79.1 Å². The first-order valence-electron chi connectivity index (χ1n) is 13.4. The third-order valence-electron chi connectivity index (χ3n) is 6.22. The number of ether oxygens (including phenoxy) is 1. The maximum Gasteiger partial charge on any atom is 0.264 e. The van der Waals surface area contributed by atoms with Gasteiger partial charge in [0.2, 0.25) is 0 Å². The lowest BCUT2D eigenvalue weighted by molar-refractivity contribution is -0.123. The number of nitrogens with one attached hydrogen (secondary N) is 2. The van der Waals surface area contributed by atoms with Gasteiger partial charge in [0.15, 0.2) is 6.61 Å². The van der Waals surface area contributed by atoms with Gasteiger partial charge in [0.1, 0.15) is 12.3 Å². The second kappa shape index (κ2) is 15.1. The van der Waals surface area contributed by atoms with E-state index in [4.69, 9.17) is 4.74 Å². The van der Waals surface area contributed by atoms with Gasteiger partial charge in [-0.1, -0.05) is 70.0 Å². The zero-order chi connectivity index (χ0) is 30.7. The minimum atomic E-state index is -4.04. The Morgan fingerprint density at radius 2 is 1.63 bits per heavy atom. The number of hydrogen-bond acceptors (Lipinski definition) is 6. The van der Waals surface area contributed by atoms with Crippen molar-refractivity contribution in [3.05, 3.63) is 124 Å². The average molecular weight is 664 g/mol. The van der Waals surface area contributed by atoms with Crippen LogP contribution in [0.5, 0.6) is 5.75 Å². The summed E-state index contributed by atoms with van der Waals surface area (Å²) in [5.74, 6) is -0.332. The van der Waals surface area contributed by atoms with Crippen LogP contribution in [0.15, 0.2) is 118 Å². The van der Waals surface area contributed by atoms with Crippen LogP contribution < -0.4 is 19.8 Å². The number of amides is 2. The first kappa shape index (κ1) is 31.5. The summed E-state index contributed by atoms with van der Waals surface area (Å²) >= 11 is 3.36. The van der Waals surface area contributed by atoms with Crippen LogP contribution in [0.25, 0.3) is 0 Å². The molecular weight excluding hydrogens is 632 g/mol. The van der Waals surface area contributed by atoms with Crippen molar-refractivity contribution >= 4 is 49.7 Å². The van der Waals surface area contributed by atoms with E-state index < -0.39 is 22.5 Å². The third kappa shape index (κ3) is 9.52. The van der Waals surface area contributed by atoms with E-state index in [0.717, 1.165) is 21.9 Å². The van der Waals surface area contributed by atoms with Gasteiger partial charge in [-0.3, -0.25) is 13.9 Å². The molecule has 43 heavy (non-hydrogen) atoms. The van der Waals surface area contributed by atoms with Crippen LogP contribution in [-0.2, 0) is 26.0 Å². The minimum Gasteiger partial charge on any atom is -0.484 e. The standard InChI is InChI=1S/C32H31BrN4O5S/c1-24-10-16-30(17-11-24)43(40,41)37(28-9-5-8-27(33)20-28)22-31(38)36-35-21-26-12-14-29(15-13-26)42-23-32(39)34-19-18-25-6-3-2-4-7-25/h2-17,20-21H,18-19,22-23H2,1H3,(H,34,39)(H,36,38)/b35-21-. The Bertz CT molecular complexity index is 1660. The van der Waals surface area contributed by atoms with Crippen LogP contribution in [-0.4, -0.2) is 46.1 Å². The van der Waals surface area contributed by atoms with Crippen molar-refractivity contribution in [2.75, 3.05) is 24.0 Å². The van der Waals surface area contributed by atoms with E-state index in [0.29, 0.717) is 28.0 Å². The molecule has 0 aliphatic heterocycles. The number of hydrogen-bond donors (Lipinski definition) is 2. The van der Waals surface area contributed by atoms with Crippen LogP contribution in [0.3, 0.4) is 0 Å². The average Bonchev–Trinajstić information content (AvgIpc) is 3.00. The number of carbonyl (C=O) groups excluding carboxylic acids is 2. The Morgan fingerprint density at radius 1 is 0.907 bits per heavy atom. The second-order valence-corrected chi connectivity index (χ2v) is 12.3. The van der Waals surface area contributed by atoms with E-state index in [1.54, 1.807) is 60.7 Å². The Morgan fingerprint density at radius 3 is 2.33 bits per heavy atom. The predicted octanol–water partition coefficient (Wildman–Crippen LogP) is 4.84. The molecule has 9 nitrogen and oxygen atoms in total. The fourth-order valence-corrected chi connectivity index (χ4v) is 5.77. The number of benzene rings is 4. The van der Waals surface area contributed by atoms with Crippen LogP contribution in [0, 0.1) is 6.92 Å². The largest absolute Gasteiger partial charge is 0.484 e. The van der Waals surface area contributed by atoms with Crippen LogP contribution in [0.2, 0.25) is 0 Å². The van der Waals surface area contributed by atoms with Gasteiger partial charge in [0, 0.05) is 11.0 Å². The summed E-state index contributed by atoms with van der Waals surface area (Å²) < 4.78 is 34.2. The molecule has 0 aliphatic carbocycles. The Hall–Kier alpha value is -4.48. The SMILES string of the molecule is Cc1ccc(S(=O)(=O)N(CC(=O)N/N=C\c2ccc(OCC(=O)NCCc3ccccc3)cc2)c2cccc(Br)c2)cc1. The van der Waals surface area contributed by atoms with Gasteiger partial charge < -0.3 is 10.1 Å². The molecule has 0 saturated heterocycles. The number of carbonyl (C=O) groups is 2. The summed E-state index contributed by atoms with van der Waals surface area (Å²) in [5, 5.41) is 6.80. The molecule has 2 amide bonds. The van der Waals surface area contributed by atoms with Crippen LogP contribution >= 0.6 is 15.9 Å². The number of hydrazone groups is 1. The van der Waals surface area contributed by atoms with Crippen molar-refractivity contribution in [3.63, 3.8) is 0 Å². The molecule has 0 bridgehead atoms. The van der Waals surface area contributed by atoms with Crippen molar-refractivity contribution in [1.82, 2.24) is 10.7 Å². The van der Waals surface area contributed by atoms with Crippen molar-refractivity contribution in [2.24, 2.45) is 5.10 Å². The van der Waals surface area contributed by atoms with E-state index >= 15 is 0 Å². The van der Waals surface area contributed by atoms with Gasteiger partial charge >= 0.3 is 0 Å². The van der Waals surface area contributed by atoms with Crippen molar-refractivity contribution < 1.29 is 22.7 Å². The molecule has 4 aromatic carbocycles. The highest BCUT2D eigenvalue weighted by Gasteiger charge is 2.27. The zero-order valence-corrected chi connectivity index (χ0v) is 25.8. The smallest absolute Gasteiger partial charge is 0.264 e. The molecule has 0 spiro atoms. The van der Waals surface area contributed by atoms with E-state index in [1.807, 2.05) is 37.3 Å². The fraction of sp³-hybridized carbons (Fsp3) is 0.156. The summed E-state index contributed by atoms with van der Waals surface area (Å²) in [7, 11) is -4.04. The van der Waals surface area contributed by atoms with E-state index in [1.165, 1.54) is 18.3 Å². The number of sulfonamides is 1. The molecule has 0 saturated carbocycles. The molecule has 4 aromatic rings. The highest BCUT2D eigenvalue weighted by Crippen LogP contribution is 2.26. The summed E-state index contributed by atoms with van der Waals surface area (Å²) in [4.78, 5) is 24.9. The third-order valence-corrected chi connectivity index (χ3v) is 8.51. The lowest BCUT2D eigenvalue weighted by Crippen LogP contribution is -2.39. The predicted molar refractivity (Wildman–Crippen MR) is 171 cm³/mol. The van der Waals surface area contributed by atoms with E-state index in [-0.39, 0.29) is 17.4 Å². The maximum absolute atomic E-state index is 13.5. The van der Waals surface area contributed by atoms with Crippen LogP contribution in [0.4, 0.5) is 5.69 Å². The molecule has 0 atom stereocenters. The van der Waals surface area contributed by atoms with Gasteiger partial charge in [0.05, 0.1) is 16.8 Å². The molecule has 0 fully saturated rings. The summed E-state index contributed by atoms with van der Waals surface area (Å²) in [6, 6.07) is 29.8. The highest BCUT2D eigenvalue weighted by atomic mass is 79.9. The molecule has 0 radical (unpaired) electrons. The van der Waals surface area contributed by atoms with Gasteiger partial charge in [-0.15, -0.1) is 0 Å². The monoisotopic (exact) mass is 662 g/mol. The highest BCUT2D eigenvalue weighted by molar-refractivity contribution is 9.10. The number of aryl methyl sites for hydroxylation is 1. The van der Waals surface area contributed by atoms with Gasteiger partial charge in [-0.2, -0.15) is 5.10 Å². The van der Waals surface area contributed by atoms with E-state index in [2.05, 4.69) is 31.8 Å². The van der Waals surface area contributed by atoms with Crippen molar-refractivity contribution in [2.45, 2.75) is 18.2 Å². The number of anilines is 1.